The fraction of sp³-hybridized carbons (Fsp3) is 0.294. The van der Waals surface area contributed by atoms with Crippen molar-refractivity contribution in [3.63, 3.8) is 0 Å². The van der Waals surface area contributed by atoms with Crippen LogP contribution in [0, 0.1) is 18.6 Å². The Morgan fingerprint density at radius 3 is 2.54 bits per heavy atom. The largest absolute Gasteiger partial charge is 0.457 e. The summed E-state index contributed by atoms with van der Waals surface area (Å²) >= 11 is 0. The molecule has 9 heteroatoms. The molecular formula is C17H17F2N5O2. The summed E-state index contributed by atoms with van der Waals surface area (Å²) in [5.74, 6) is -1.32. The SMILES string of the molecule is Cc1c(F)ccc(-n2cc(COc3ncc(C(C)(C)O)cn3)nn2)c1F. The van der Waals surface area contributed by atoms with Crippen LogP contribution in [-0.2, 0) is 12.2 Å². The van der Waals surface area contributed by atoms with E-state index in [2.05, 4.69) is 20.3 Å². The van der Waals surface area contributed by atoms with Crippen molar-refractivity contribution in [1.29, 1.82) is 0 Å². The van der Waals surface area contributed by atoms with Gasteiger partial charge in [-0.3, -0.25) is 0 Å². The van der Waals surface area contributed by atoms with Crippen LogP contribution in [-0.4, -0.2) is 30.1 Å². The summed E-state index contributed by atoms with van der Waals surface area (Å²) in [7, 11) is 0. The van der Waals surface area contributed by atoms with Crippen molar-refractivity contribution in [2.24, 2.45) is 0 Å². The lowest BCUT2D eigenvalue weighted by Gasteiger charge is -2.16. The summed E-state index contributed by atoms with van der Waals surface area (Å²) in [6.45, 7) is 4.62. The normalized spacial score (nSPS) is 11.6. The van der Waals surface area contributed by atoms with Crippen LogP contribution in [0.5, 0.6) is 6.01 Å². The first-order valence-corrected chi connectivity index (χ1v) is 7.79. The molecule has 0 aliphatic heterocycles. The molecule has 7 nitrogen and oxygen atoms in total. The zero-order valence-electron chi connectivity index (χ0n) is 14.4. The van der Waals surface area contributed by atoms with Gasteiger partial charge >= 0.3 is 6.01 Å². The molecule has 0 saturated heterocycles. The van der Waals surface area contributed by atoms with Gasteiger partial charge in [-0.2, -0.15) is 0 Å². The predicted molar refractivity (Wildman–Crippen MR) is 87.6 cm³/mol. The Hall–Kier alpha value is -2.94. The minimum Gasteiger partial charge on any atom is -0.457 e. The van der Waals surface area contributed by atoms with Crippen molar-refractivity contribution >= 4 is 0 Å². The molecule has 1 aromatic carbocycles. The number of rotatable bonds is 5. The molecule has 0 saturated carbocycles. The molecule has 0 spiro atoms. The van der Waals surface area contributed by atoms with Crippen LogP contribution < -0.4 is 4.74 Å². The topological polar surface area (TPSA) is 86.0 Å². The molecule has 2 heterocycles. The van der Waals surface area contributed by atoms with Crippen molar-refractivity contribution in [1.82, 2.24) is 25.0 Å². The molecule has 0 aliphatic carbocycles. The first-order chi connectivity index (χ1) is 12.3. The summed E-state index contributed by atoms with van der Waals surface area (Å²) in [5, 5.41) is 17.6. The first-order valence-electron chi connectivity index (χ1n) is 7.79. The Bertz CT molecular complexity index is 920. The molecule has 0 radical (unpaired) electrons. The molecule has 0 bridgehead atoms. The second-order valence-corrected chi connectivity index (χ2v) is 6.26. The molecule has 0 aliphatic rings. The fourth-order valence-electron chi connectivity index (χ4n) is 2.15. The van der Waals surface area contributed by atoms with Crippen LogP contribution in [0.2, 0.25) is 0 Å². The van der Waals surface area contributed by atoms with Crippen LogP contribution >= 0.6 is 0 Å². The van der Waals surface area contributed by atoms with Crippen LogP contribution in [0.3, 0.4) is 0 Å². The van der Waals surface area contributed by atoms with Crippen molar-refractivity contribution in [3.05, 3.63) is 59.2 Å². The van der Waals surface area contributed by atoms with E-state index in [-0.39, 0.29) is 23.9 Å². The molecule has 26 heavy (non-hydrogen) atoms. The number of hydrogen-bond donors (Lipinski definition) is 1. The smallest absolute Gasteiger partial charge is 0.316 e. The molecule has 0 unspecified atom stereocenters. The van der Waals surface area contributed by atoms with Gasteiger partial charge in [-0.25, -0.2) is 23.4 Å². The Morgan fingerprint density at radius 2 is 1.88 bits per heavy atom. The average Bonchev–Trinajstić information content (AvgIpc) is 3.06. The lowest BCUT2D eigenvalue weighted by molar-refractivity contribution is 0.0775. The summed E-state index contributed by atoms with van der Waals surface area (Å²) < 4.78 is 34.1. The van der Waals surface area contributed by atoms with Gasteiger partial charge in [0.05, 0.1) is 11.8 Å². The van der Waals surface area contributed by atoms with Gasteiger partial charge in [0, 0.05) is 23.5 Å². The van der Waals surface area contributed by atoms with E-state index in [1.165, 1.54) is 42.3 Å². The van der Waals surface area contributed by atoms with E-state index in [0.717, 1.165) is 0 Å². The van der Waals surface area contributed by atoms with Gasteiger partial charge in [-0.1, -0.05) is 5.21 Å². The fourth-order valence-corrected chi connectivity index (χ4v) is 2.15. The van der Waals surface area contributed by atoms with Gasteiger partial charge < -0.3 is 9.84 Å². The second-order valence-electron chi connectivity index (χ2n) is 6.26. The zero-order chi connectivity index (χ0) is 18.9. The van der Waals surface area contributed by atoms with E-state index in [1.54, 1.807) is 13.8 Å². The molecule has 0 amide bonds. The molecule has 3 aromatic rings. The van der Waals surface area contributed by atoms with E-state index in [9.17, 15) is 13.9 Å². The first kappa shape index (κ1) is 17.9. The van der Waals surface area contributed by atoms with Gasteiger partial charge in [0.15, 0.2) is 5.82 Å². The van der Waals surface area contributed by atoms with E-state index >= 15 is 0 Å². The number of nitrogens with zero attached hydrogens (tertiary/aromatic N) is 5. The zero-order valence-corrected chi connectivity index (χ0v) is 14.4. The Kier molecular flexibility index (Phi) is 4.64. The van der Waals surface area contributed by atoms with Crippen molar-refractivity contribution in [3.8, 4) is 11.7 Å². The summed E-state index contributed by atoms with van der Waals surface area (Å²) in [5.41, 5.74) is -0.0671. The van der Waals surface area contributed by atoms with Crippen LogP contribution in [0.4, 0.5) is 8.78 Å². The van der Waals surface area contributed by atoms with E-state index in [1.807, 2.05) is 0 Å². The Morgan fingerprint density at radius 1 is 1.19 bits per heavy atom. The van der Waals surface area contributed by atoms with Gasteiger partial charge in [0.25, 0.3) is 0 Å². The van der Waals surface area contributed by atoms with Gasteiger partial charge in [-0.05, 0) is 32.9 Å². The van der Waals surface area contributed by atoms with Crippen LogP contribution in [0.15, 0.2) is 30.7 Å². The minimum absolute atomic E-state index is 0.0175. The monoisotopic (exact) mass is 361 g/mol. The Labute approximate surface area is 148 Å². The molecule has 0 fully saturated rings. The van der Waals surface area contributed by atoms with Gasteiger partial charge in [0.2, 0.25) is 0 Å². The summed E-state index contributed by atoms with van der Waals surface area (Å²) in [4.78, 5) is 8.02. The lowest BCUT2D eigenvalue weighted by Crippen LogP contribution is -2.16. The second kappa shape index (κ2) is 6.75. The minimum atomic E-state index is -1.04. The molecule has 0 atom stereocenters. The van der Waals surface area contributed by atoms with Crippen molar-refractivity contribution in [2.45, 2.75) is 33.0 Å². The highest BCUT2D eigenvalue weighted by molar-refractivity contribution is 5.37. The average molecular weight is 361 g/mol. The highest BCUT2D eigenvalue weighted by Crippen LogP contribution is 2.20. The third-order valence-corrected chi connectivity index (χ3v) is 3.77. The molecule has 1 N–H and O–H groups in total. The maximum Gasteiger partial charge on any atom is 0.316 e. The number of halogens is 2. The number of aliphatic hydroxyl groups is 1. The quantitative estimate of drug-likeness (QED) is 0.751. The number of aromatic nitrogens is 5. The summed E-state index contributed by atoms with van der Waals surface area (Å²) in [6.07, 6.45) is 4.41. The van der Waals surface area contributed by atoms with Crippen molar-refractivity contribution < 1.29 is 18.6 Å². The molecule has 3 rings (SSSR count). The van der Waals surface area contributed by atoms with Gasteiger partial charge in [0.1, 0.15) is 23.8 Å². The van der Waals surface area contributed by atoms with Crippen molar-refractivity contribution in [2.75, 3.05) is 0 Å². The predicted octanol–water partition coefficient (Wildman–Crippen LogP) is 2.45. The van der Waals surface area contributed by atoms with Crippen LogP contribution in [0.25, 0.3) is 5.69 Å². The third-order valence-electron chi connectivity index (χ3n) is 3.77. The number of benzene rings is 1. The summed E-state index contributed by atoms with van der Waals surface area (Å²) in [6, 6.07) is 2.57. The maximum atomic E-state index is 14.1. The highest BCUT2D eigenvalue weighted by Gasteiger charge is 2.17. The number of hydrogen-bond acceptors (Lipinski definition) is 6. The van der Waals surface area contributed by atoms with E-state index in [0.29, 0.717) is 11.3 Å². The molecule has 136 valence electrons. The molecular weight excluding hydrogens is 344 g/mol. The van der Waals surface area contributed by atoms with Crippen LogP contribution in [0.1, 0.15) is 30.7 Å². The molecule has 2 aromatic heterocycles. The third kappa shape index (κ3) is 3.67. The standard InChI is InChI=1S/C17H17F2N5O2/c1-10-13(18)4-5-14(15(10)19)24-8-12(22-23-24)9-26-16-20-6-11(7-21-16)17(2,3)25/h4-8,25H,9H2,1-3H3. The van der Waals surface area contributed by atoms with E-state index in [4.69, 9.17) is 4.74 Å². The lowest BCUT2D eigenvalue weighted by atomic mass is 10.0. The van der Waals surface area contributed by atoms with Gasteiger partial charge in [-0.15, -0.1) is 5.10 Å². The maximum absolute atomic E-state index is 14.1. The van der Waals surface area contributed by atoms with E-state index < -0.39 is 17.2 Å². The number of ether oxygens (including phenoxy) is 1. The highest BCUT2D eigenvalue weighted by atomic mass is 19.1. The Balaban J connectivity index is 1.71.